The van der Waals surface area contributed by atoms with E-state index in [0.29, 0.717) is 37.3 Å². The maximum atomic E-state index is 12.6. The van der Waals surface area contributed by atoms with Crippen LogP contribution in [0.25, 0.3) is 0 Å². The predicted molar refractivity (Wildman–Crippen MR) is 98.9 cm³/mol. The standard InChI is InChI=1S/C19H19BrN2O3/c1-25-17-8-4-15(5-9-17)19(24)22-12-10-21(11-13-22)18(23)14-2-6-16(20)7-3-14/h2-9H,10-13H2,1H3. The molecule has 0 saturated carbocycles. The third-order valence-electron chi connectivity index (χ3n) is 4.28. The first-order chi connectivity index (χ1) is 12.1. The van der Waals surface area contributed by atoms with Crippen LogP contribution in [0.15, 0.2) is 53.0 Å². The van der Waals surface area contributed by atoms with Crippen molar-refractivity contribution in [1.82, 2.24) is 9.80 Å². The van der Waals surface area contributed by atoms with Gasteiger partial charge < -0.3 is 14.5 Å². The van der Waals surface area contributed by atoms with E-state index in [1.165, 1.54) is 0 Å². The third kappa shape index (κ3) is 4.02. The molecule has 1 heterocycles. The van der Waals surface area contributed by atoms with E-state index in [2.05, 4.69) is 15.9 Å². The van der Waals surface area contributed by atoms with Crippen molar-refractivity contribution in [2.24, 2.45) is 0 Å². The Hall–Kier alpha value is -2.34. The summed E-state index contributed by atoms with van der Waals surface area (Å²) in [4.78, 5) is 28.7. The van der Waals surface area contributed by atoms with Gasteiger partial charge in [0.2, 0.25) is 0 Å². The zero-order chi connectivity index (χ0) is 17.8. The van der Waals surface area contributed by atoms with Gasteiger partial charge in [-0.05, 0) is 48.5 Å². The van der Waals surface area contributed by atoms with Crippen LogP contribution in [0.4, 0.5) is 0 Å². The second-order valence-electron chi connectivity index (χ2n) is 5.82. The number of hydrogen-bond donors (Lipinski definition) is 0. The Morgan fingerprint density at radius 3 is 1.60 bits per heavy atom. The van der Waals surface area contributed by atoms with E-state index in [0.717, 1.165) is 10.2 Å². The highest BCUT2D eigenvalue weighted by Gasteiger charge is 2.25. The molecule has 0 N–H and O–H groups in total. The Labute approximate surface area is 155 Å². The maximum Gasteiger partial charge on any atom is 0.253 e. The fourth-order valence-electron chi connectivity index (χ4n) is 2.80. The molecule has 3 rings (SSSR count). The smallest absolute Gasteiger partial charge is 0.253 e. The summed E-state index contributed by atoms with van der Waals surface area (Å²) < 4.78 is 6.06. The van der Waals surface area contributed by atoms with Crippen molar-refractivity contribution in [2.75, 3.05) is 33.3 Å². The molecule has 5 nitrogen and oxygen atoms in total. The first-order valence-electron chi connectivity index (χ1n) is 8.06. The fourth-order valence-corrected chi connectivity index (χ4v) is 3.07. The summed E-state index contributed by atoms with van der Waals surface area (Å²) >= 11 is 3.37. The van der Waals surface area contributed by atoms with Crippen molar-refractivity contribution in [3.8, 4) is 5.75 Å². The molecule has 0 atom stereocenters. The summed E-state index contributed by atoms with van der Waals surface area (Å²) in [5.41, 5.74) is 1.30. The minimum atomic E-state index is -0.0154. The summed E-state index contributed by atoms with van der Waals surface area (Å²) in [6.07, 6.45) is 0. The van der Waals surface area contributed by atoms with Crippen LogP contribution in [0.1, 0.15) is 20.7 Å². The molecule has 0 radical (unpaired) electrons. The molecule has 130 valence electrons. The number of nitrogens with zero attached hydrogens (tertiary/aromatic N) is 2. The van der Waals surface area contributed by atoms with E-state index in [1.807, 2.05) is 12.1 Å². The number of benzene rings is 2. The molecule has 0 aromatic heterocycles. The number of amides is 2. The van der Waals surface area contributed by atoms with Crippen molar-refractivity contribution in [2.45, 2.75) is 0 Å². The zero-order valence-corrected chi connectivity index (χ0v) is 15.5. The number of hydrogen-bond acceptors (Lipinski definition) is 3. The highest BCUT2D eigenvalue weighted by molar-refractivity contribution is 9.10. The molecule has 2 aromatic rings. The Bertz CT molecular complexity index is 751. The van der Waals surface area contributed by atoms with Crippen LogP contribution in [-0.2, 0) is 0 Å². The molecule has 0 aliphatic carbocycles. The lowest BCUT2D eigenvalue weighted by atomic mass is 10.1. The highest BCUT2D eigenvalue weighted by Crippen LogP contribution is 2.16. The van der Waals surface area contributed by atoms with Crippen molar-refractivity contribution in [3.05, 3.63) is 64.1 Å². The number of methoxy groups -OCH3 is 1. The molecule has 1 fully saturated rings. The van der Waals surface area contributed by atoms with Gasteiger partial charge in [-0.1, -0.05) is 15.9 Å². The molecule has 2 amide bonds. The lowest BCUT2D eigenvalue weighted by molar-refractivity contribution is 0.0535. The van der Waals surface area contributed by atoms with Crippen LogP contribution >= 0.6 is 15.9 Å². The first-order valence-corrected chi connectivity index (χ1v) is 8.86. The molecule has 1 saturated heterocycles. The SMILES string of the molecule is COc1ccc(C(=O)N2CCN(C(=O)c3ccc(Br)cc3)CC2)cc1. The summed E-state index contributed by atoms with van der Waals surface area (Å²) in [7, 11) is 1.60. The highest BCUT2D eigenvalue weighted by atomic mass is 79.9. The molecule has 0 spiro atoms. The summed E-state index contributed by atoms with van der Waals surface area (Å²) in [5.74, 6) is 0.712. The average molecular weight is 403 g/mol. The van der Waals surface area contributed by atoms with E-state index in [1.54, 1.807) is 53.3 Å². The quantitative estimate of drug-likeness (QED) is 0.792. The Balaban J connectivity index is 1.60. The van der Waals surface area contributed by atoms with Gasteiger partial charge in [-0.15, -0.1) is 0 Å². The largest absolute Gasteiger partial charge is 0.497 e. The topological polar surface area (TPSA) is 49.9 Å². The van der Waals surface area contributed by atoms with E-state index in [9.17, 15) is 9.59 Å². The van der Waals surface area contributed by atoms with Gasteiger partial charge >= 0.3 is 0 Å². The average Bonchev–Trinajstić information content (AvgIpc) is 2.67. The number of carbonyl (C=O) groups is 2. The molecule has 0 bridgehead atoms. The Morgan fingerprint density at radius 1 is 0.800 bits per heavy atom. The van der Waals surface area contributed by atoms with Crippen molar-refractivity contribution in [3.63, 3.8) is 0 Å². The van der Waals surface area contributed by atoms with Gasteiger partial charge in [-0.2, -0.15) is 0 Å². The monoisotopic (exact) mass is 402 g/mol. The normalized spacial score (nSPS) is 14.3. The van der Waals surface area contributed by atoms with Crippen LogP contribution in [0, 0.1) is 0 Å². The molecule has 1 aliphatic rings. The van der Waals surface area contributed by atoms with Crippen LogP contribution < -0.4 is 4.74 Å². The minimum absolute atomic E-state index is 0.00375. The van der Waals surface area contributed by atoms with Gasteiger partial charge in [0, 0.05) is 41.8 Å². The molecular formula is C19H19BrN2O3. The molecule has 6 heteroatoms. The van der Waals surface area contributed by atoms with E-state index >= 15 is 0 Å². The van der Waals surface area contributed by atoms with Gasteiger partial charge in [0.05, 0.1) is 7.11 Å². The van der Waals surface area contributed by atoms with Crippen LogP contribution in [-0.4, -0.2) is 54.9 Å². The Morgan fingerprint density at radius 2 is 1.20 bits per heavy atom. The Kier molecular flexibility index (Phi) is 5.38. The van der Waals surface area contributed by atoms with Crippen LogP contribution in [0.2, 0.25) is 0 Å². The lowest BCUT2D eigenvalue weighted by Crippen LogP contribution is -2.50. The number of carbonyl (C=O) groups excluding carboxylic acids is 2. The second-order valence-corrected chi connectivity index (χ2v) is 6.74. The predicted octanol–water partition coefficient (Wildman–Crippen LogP) is 3.06. The minimum Gasteiger partial charge on any atom is -0.497 e. The molecule has 1 aliphatic heterocycles. The number of ether oxygens (including phenoxy) is 1. The van der Waals surface area contributed by atoms with Gasteiger partial charge in [-0.3, -0.25) is 9.59 Å². The lowest BCUT2D eigenvalue weighted by Gasteiger charge is -2.35. The number of rotatable bonds is 3. The second kappa shape index (κ2) is 7.70. The molecule has 25 heavy (non-hydrogen) atoms. The van der Waals surface area contributed by atoms with Crippen LogP contribution in [0.5, 0.6) is 5.75 Å². The summed E-state index contributed by atoms with van der Waals surface area (Å²) in [5, 5.41) is 0. The van der Waals surface area contributed by atoms with Crippen molar-refractivity contribution in [1.29, 1.82) is 0 Å². The first kappa shape index (κ1) is 17.5. The number of halogens is 1. The van der Waals surface area contributed by atoms with E-state index in [-0.39, 0.29) is 11.8 Å². The zero-order valence-electron chi connectivity index (χ0n) is 13.9. The van der Waals surface area contributed by atoms with E-state index < -0.39 is 0 Å². The number of piperazine rings is 1. The maximum absolute atomic E-state index is 12.6. The van der Waals surface area contributed by atoms with Gasteiger partial charge in [-0.25, -0.2) is 0 Å². The van der Waals surface area contributed by atoms with E-state index in [4.69, 9.17) is 4.74 Å². The van der Waals surface area contributed by atoms with Gasteiger partial charge in [0.25, 0.3) is 11.8 Å². The molecule has 0 unspecified atom stereocenters. The third-order valence-corrected chi connectivity index (χ3v) is 4.81. The fraction of sp³-hybridized carbons (Fsp3) is 0.263. The molecule has 2 aromatic carbocycles. The van der Waals surface area contributed by atoms with Gasteiger partial charge in [0.15, 0.2) is 0 Å². The van der Waals surface area contributed by atoms with Crippen molar-refractivity contribution < 1.29 is 14.3 Å². The summed E-state index contributed by atoms with van der Waals surface area (Å²) in [6.45, 7) is 2.15. The molecular weight excluding hydrogens is 384 g/mol. The van der Waals surface area contributed by atoms with Crippen LogP contribution in [0.3, 0.4) is 0 Å². The van der Waals surface area contributed by atoms with Gasteiger partial charge in [0.1, 0.15) is 5.75 Å². The van der Waals surface area contributed by atoms with Crippen molar-refractivity contribution >= 4 is 27.7 Å². The summed E-state index contributed by atoms with van der Waals surface area (Å²) in [6, 6.07) is 14.4.